The van der Waals surface area contributed by atoms with Gasteiger partial charge in [0.25, 0.3) is 0 Å². The topological polar surface area (TPSA) is 49.5 Å². The first-order chi connectivity index (χ1) is 11.3. The molecular weight excluding hydrogens is 303 g/mol. The Bertz CT molecular complexity index is 442. The summed E-state index contributed by atoms with van der Waals surface area (Å²) in [5, 5.41) is 10.2. The lowest BCUT2D eigenvalue weighted by Crippen LogP contribution is -2.26. The Morgan fingerprint density at radius 1 is 1.08 bits per heavy atom. The summed E-state index contributed by atoms with van der Waals surface area (Å²) in [7, 11) is 0. The SMILES string of the molecule is CCN(CCCCCC(C)(C)F)CCCC(O)c1ccc(N)cc1. The van der Waals surface area contributed by atoms with E-state index in [0.29, 0.717) is 6.42 Å². The maximum absolute atomic E-state index is 13.4. The van der Waals surface area contributed by atoms with E-state index in [2.05, 4.69) is 11.8 Å². The second-order valence-corrected chi connectivity index (χ2v) is 7.29. The number of halogens is 1. The molecule has 3 nitrogen and oxygen atoms in total. The van der Waals surface area contributed by atoms with Gasteiger partial charge in [0.15, 0.2) is 0 Å². The van der Waals surface area contributed by atoms with E-state index in [0.717, 1.165) is 63.0 Å². The van der Waals surface area contributed by atoms with E-state index in [1.807, 2.05) is 24.3 Å². The van der Waals surface area contributed by atoms with Crippen molar-refractivity contribution in [1.29, 1.82) is 0 Å². The quantitative estimate of drug-likeness (QED) is 0.428. The number of aliphatic hydroxyl groups excluding tert-OH is 1. The van der Waals surface area contributed by atoms with Crippen molar-refractivity contribution < 1.29 is 9.50 Å². The summed E-state index contributed by atoms with van der Waals surface area (Å²) in [6.07, 6.45) is 5.11. The van der Waals surface area contributed by atoms with Crippen LogP contribution in [0.5, 0.6) is 0 Å². The number of hydrogen-bond acceptors (Lipinski definition) is 3. The fourth-order valence-electron chi connectivity index (χ4n) is 2.88. The number of nitrogen functional groups attached to an aromatic ring is 1. The molecule has 0 aliphatic carbocycles. The molecule has 1 atom stereocenters. The highest BCUT2D eigenvalue weighted by molar-refractivity contribution is 5.39. The second kappa shape index (κ2) is 10.7. The van der Waals surface area contributed by atoms with Gasteiger partial charge in [-0.2, -0.15) is 0 Å². The summed E-state index contributed by atoms with van der Waals surface area (Å²) in [5.74, 6) is 0. The highest BCUT2D eigenvalue weighted by Crippen LogP contribution is 2.20. The third kappa shape index (κ3) is 9.24. The lowest BCUT2D eigenvalue weighted by atomic mass is 10.0. The number of hydrogen-bond donors (Lipinski definition) is 2. The third-order valence-electron chi connectivity index (χ3n) is 4.47. The van der Waals surface area contributed by atoms with E-state index in [9.17, 15) is 9.50 Å². The molecule has 0 amide bonds. The molecule has 3 N–H and O–H groups in total. The molecular formula is C20H35FN2O. The van der Waals surface area contributed by atoms with Gasteiger partial charge in [0.05, 0.1) is 6.10 Å². The summed E-state index contributed by atoms with van der Waals surface area (Å²) in [5.41, 5.74) is 6.28. The Kier molecular flexibility index (Phi) is 9.30. The predicted molar refractivity (Wildman–Crippen MR) is 101 cm³/mol. The van der Waals surface area contributed by atoms with Crippen molar-refractivity contribution in [1.82, 2.24) is 4.90 Å². The van der Waals surface area contributed by atoms with Crippen LogP contribution in [-0.2, 0) is 0 Å². The minimum atomic E-state index is -1.04. The van der Waals surface area contributed by atoms with Gasteiger partial charge in [-0.3, -0.25) is 0 Å². The summed E-state index contributed by atoms with van der Waals surface area (Å²) < 4.78 is 13.4. The van der Waals surface area contributed by atoms with Gasteiger partial charge in [-0.05, 0) is 76.9 Å². The van der Waals surface area contributed by atoms with Crippen LogP contribution in [0.1, 0.15) is 71.0 Å². The maximum Gasteiger partial charge on any atom is 0.105 e. The number of aliphatic hydroxyl groups is 1. The van der Waals surface area contributed by atoms with Gasteiger partial charge in [-0.25, -0.2) is 4.39 Å². The molecule has 0 aromatic heterocycles. The zero-order valence-corrected chi connectivity index (χ0v) is 15.6. The van der Waals surface area contributed by atoms with Crippen molar-refractivity contribution in [3.05, 3.63) is 29.8 Å². The minimum Gasteiger partial charge on any atom is -0.399 e. The molecule has 24 heavy (non-hydrogen) atoms. The number of alkyl halides is 1. The normalized spacial score (nSPS) is 13.4. The van der Waals surface area contributed by atoms with E-state index < -0.39 is 11.8 Å². The summed E-state index contributed by atoms with van der Waals surface area (Å²) in [6, 6.07) is 7.44. The maximum atomic E-state index is 13.4. The van der Waals surface area contributed by atoms with Gasteiger partial charge in [-0.1, -0.05) is 31.9 Å². The van der Waals surface area contributed by atoms with Gasteiger partial charge in [-0.15, -0.1) is 0 Å². The Labute approximate surface area is 147 Å². The molecule has 0 saturated heterocycles. The molecule has 1 aromatic carbocycles. The molecule has 0 radical (unpaired) electrons. The number of nitrogens with two attached hydrogens (primary N) is 1. The van der Waals surface area contributed by atoms with Crippen LogP contribution in [0, 0.1) is 0 Å². The van der Waals surface area contributed by atoms with Crippen LogP contribution in [0.25, 0.3) is 0 Å². The van der Waals surface area contributed by atoms with Crippen molar-refractivity contribution in [2.24, 2.45) is 0 Å². The molecule has 0 fully saturated rings. The van der Waals surface area contributed by atoms with E-state index in [1.54, 1.807) is 13.8 Å². The van der Waals surface area contributed by atoms with E-state index in [4.69, 9.17) is 5.73 Å². The van der Waals surface area contributed by atoms with Crippen molar-refractivity contribution in [2.45, 2.75) is 71.1 Å². The Balaban J connectivity index is 2.18. The molecule has 0 bridgehead atoms. The minimum absolute atomic E-state index is 0.420. The molecule has 4 heteroatoms. The van der Waals surface area contributed by atoms with E-state index >= 15 is 0 Å². The molecule has 1 unspecified atom stereocenters. The Hall–Kier alpha value is -1.13. The van der Waals surface area contributed by atoms with Crippen molar-refractivity contribution >= 4 is 5.69 Å². The average molecular weight is 339 g/mol. The Morgan fingerprint density at radius 3 is 2.29 bits per heavy atom. The van der Waals surface area contributed by atoms with Crippen LogP contribution in [-0.4, -0.2) is 35.3 Å². The molecule has 1 rings (SSSR count). The predicted octanol–water partition coefficient (Wildman–Crippen LogP) is 4.71. The van der Waals surface area contributed by atoms with Crippen LogP contribution in [0.15, 0.2) is 24.3 Å². The summed E-state index contributed by atoms with van der Waals surface area (Å²) in [4.78, 5) is 2.41. The van der Waals surface area contributed by atoms with E-state index in [1.165, 1.54) is 0 Å². The number of rotatable bonds is 12. The smallest absolute Gasteiger partial charge is 0.105 e. The number of unbranched alkanes of at least 4 members (excludes halogenated alkanes) is 2. The summed E-state index contributed by atoms with van der Waals surface area (Å²) in [6.45, 7) is 8.54. The molecule has 0 spiro atoms. The molecule has 0 aliphatic heterocycles. The number of nitrogens with zero attached hydrogens (tertiary/aromatic N) is 1. The Morgan fingerprint density at radius 2 is 1.71 bits per heavy atom. The monoisotopic (exact) mass is 338 g/mol. The number of anilines is 1. The average Bonchev–Trinajstić information content (AvgIpc) is 2.52. The lowest BCUT2D eigenvalue weighted by molar-refractivity contribution is 0.155. The summed E-state index contributed by atoms with van der Waals surface area (Å²) >= 11 is 0. The zero-order chi connectivity index (χ0) is 18.0. The van der Waals surface area contributed by atoms with Gasteiger partial charge < -0.3 is 15.7 Å². The second-order valence-electron chi connectivity index (χ2n) is 7.29. The third-order valence-corrected chi connectivity index (χ3v) is 4.47. The van der Waals surface area contributed by atoms with Crippen LogP contribution in [0.3, 0.4) is 0 Å². The van der Waals surface area contributed by atoms with Crippen LogP contribution in [0.4, 0.5) is 10.1 Å². The van der Waals surface area contributed by atoms with Crippen molar-refractivity contribution in [2.75, 3.05) is 25.4 Å². The first-order valence-corrected chi connectivity index (χ1v) is 9.26. The fourth-order valence-corrected chi connectivity index (χ4v) is 2.88. The molecule has 0 heterocycles. The number of benzene rings is 1. The molecule has 0 aliphatic rings. The molecule has 138 valence electrons. The van der Waals surface area contributed by atoms with Crippen LogP contribution >= 0.6 is 0 Å². The highest BCUT2D eigenvalue weighted by atomic mass is 19.1. The van der Waals surface area contributed by atoms with Crippen molar-refractivity contribution in [3.63, 3.8) is 0 Å². The van der Waals surface area contributed by atoms with Gasteiger partial charge >= 0.3 is 0 Å². The fraction of sp³-hybridized carbons (Fsp3) is 0.700. The highest BCUT2D eigenvalue weighted by Gasteiger charge is 2.14. The molecule has 1 aromatic rings. The lowest BCUT2D eigenvalue weighted by Gasteiger charge is -2.21. The van der Waals surface area contributed by atoms with Crippen molar-refractivity contribution in [3.8, 4) is 0 Å². The first kappa shape index (κ1) is 20.9. The van der Waals surface area contributed by atoms with Gasteiger partial charge in [0, 0.05) is 5.69 Å². The van der Waals surface area contributed by atoms with Crippen LogP contribution < -0.4 is 5.73 Å². The standard InChI is InChI=1S/C20H35FN2O/c1-4-23(15-7-5-6-14-20(2,3)21)16-8-9-19(24)17-10-12-18(22)13-11-17/h10-13,19,24H,4-9,14-16,22H2,1-3H3. The van der Waals surface area contributed by atoms with Gasteiger partial charge in [0.1, 0.15) is 5.67 Å². The van der Waals surface area contributed by atoms with Gasteiger partial charge in [0.2, 0.25) is 0 Å². The van der Waals surface area contributed by atoms with Crippen LogP contribution in [0.2, 0.25) is 0 Å². The van der Waals surface area contributed by atoms with E-state index in [-0.39, 0.29) is 0 Å². The zero-order valence-electron chi connectivity index (χ0n) is 15.6. The molecule has 0 saturated carbocycles. The first-order valence-electron chi connectivity index (χ1n) is 9.26. The largest absolute Gasteiger partial charge is 0.399 e.